The fourth-order valence-corrected chi connectivity index (χ4v) is 4.72. The molecular weight excluding hydrogens is 362 g/mol. The molecule has 6 heteroatoms. The first-order valence-electron chi connectivity index (χ1n) is 9.06. The number of rotatable bonds is 5. The van der Waals surface area contributed by atoms with Crippen LogP contribution in [0.25, 0.3) is 0 Å². The summed E-state index contributed by atoms with van der Waals surface area (Å²) in [5.41, 5.74) is 1.26. The number of anilines is 1. The molecule has 27 heavy (non-hydrogen) atoms. The molecule has 5 nitrogen and oxygen atoms in total. The zero-order valence-corrected chi connectivity index (χ0v) is 15.9. The van der Waals surface area contributed by atoms with Gasteiger partial charge in [0.05, 0.1) is 5.41 Å². The highest BCUT2D eigenvalue weighted by Crippen LogP contribution is 2.52. The number of amides is 2. The van der Waals surface area contributed by atoms with Crippen LogP contribution in [0.3, 0.4) is 0 Å². The molecule has 2 heterocycles. The Morgan fingerprint density at radius 1 is 1.19 bits per heavy atom. The van der Waals surface area contributed by atoms with Gasteiger partial charge >= 0.3 is 0 Å². The van der Waals surface area contributed by atoms with E-state index in [1.807, 2.05) is 42.5 Å². The molecule has 1 saturated heterocycles. The van der Waals surface area contributed by atoms with E-state index in [0.717, 1.165) is 16.8 Å². The highest BCUT2D eigenvalue weighted by molar-refractivity contribution is 6.19. The molecule has 0 aromatic heterocycles. The maximum atomic E-state index is 13.3. The molecule has 2 amide bonds. The Morgan fingerprint density at radius 3 is 2.63 bits per heavy atom. The number of carbonyl (C=O) groups is 2. The van der Waals surface area contributed by atoms with Gasteiger partial charge in [0.2, 0.25) is 11.6 Å². The molecule has 2 aliphatic rings. The second kappa shape index (κ2) is 6.57. The van der Waals surface area contributed by atoms with Gasteiger partial charge in [0.25, 0.3) is 5.91 Å². The maximum Gasteiger partial charge on any atom is 0.269 e. The number of carbonyl (C=O) groups excluding carboxylic acids is 2. The third-order valence-corrected chi connectivity index (χ3v) is 5.84. The molecule has 2 aliphatic heterocycles. The maximum absolute atomic E-state index is 13.3. The average molecular weight is 384 g/mol. The summed E-state index contributed by atoms with van der Waals surface area (Å²) in [6.07, 6.45) is 0.800. The lowest BCUT2D eigenvalue weighted by Crippen LogP contribution is -2.66. The predicted molar refractivity (Wildman–Crippen MR) is 106 cm³/mol. The van der Waals surface area contributed by atoms with Crippen LogP contribution in [0.2, 0.25) is 0 Å². The van der Waals surface area contributed by atoms with Gasteiger partial charge in [0.1, 0.15) is 0 Å². The Kier molecular flexibility index (Phi) is 4.35. The van der Waals surface area contributed by atoms with Crippen LogP contribution >= 0.6 is 11.6 Å². The van der Waals surface area contributed by atoms with E-state index in [9.17, 15) is 9.59 Å². The van der Waals surface area contributed by atoms with E-state index in [-0.39, 0.29) is 24.1 Å². The third kappa shape index (κ3) is 2.60. The Morgan fingerprint density at radius 2 is 1.89 bits per heavy atom. The summed E-state index contributed by atoms with van der Waals surface area (Å²) in [4.78, 5) is 27.6. The number of hydrogen-bond acceptors (Lipinski definition) is 3. The Labute approximate surface area is 163 Å². The van der Waals surface area contributed by atoms with E-state index in [2.05, 4.69) is 22.8 Å². The smallest absolute Gasteiger partial charge is 0.269 e. The molecule has 140 valence electrons. The van der Waals surface area contributed by atoms with Gasteiger partial charge in [-0.3, -0.25) is 9.59 Å². The molecule has 4 rings (SSSR count). The van der Waals surface area contributed by atoms with Gasteiger partial charge in [-0.1, -0.05) is 48.5 Å². The quantitative estimate of drug-likeness (QED) is 0.780. The summed E-state index contributed by atoms with van der Waals surface area (Å²) < 4.78 is 0. The summed E-state index contributed by atoms with van der Waals surface area (Å²) in [6.45, 7) is 0.520. The van der Waals surface area contributed by atoms with Gasteiger partial charge < -0.3 is 15.5 Å². The minimum absolute atomic E-state index is 0.127. The molecular formula is C21H22ClN3O2. The summed E-state index contributed by atoms with van der Waals surface area (Å²) in [5, 5.41) is 6.39. The molecule has 2 unspecified atom stereocenters. The molecule has 0 bridgehead atoms. The average Bonchev–Trinajstić information content (AvgIpc) is 3.02. The van der Waals surface area contributed by atoms with Crippen molar-refractivity contribution < 1.29 is 9.59 Å². The van der Waals surface area contributed by atoms with Crippen molar-refractivity contribution >= 4 is 29.1 Å². The van der Waals surface area contributed by atoms with E-state index < -0.39 is 11.1 Å². The van der Waals surface area contributed by atoms with E-state index in [1.165, 1.54) is 0 Å². The zero-order valence-electron chi connectivity index (χ0n) is 15.2. The summed E-state index contributed by atoms with van der Waals surface area (Å²) >= 11 is 5.76. The van der Waals surface area contributed by atoms with Gasteiger partial charge in [0, 0.05) is 31.6 Å². The van der Waals surface area contributed by atoms with Gasteiger partial charge in [-0.25, -0.2) is 0 Å². The molecule has 2 N–H and O–H groups in total. The van der Waals surface area contributed by atoms with Crippen LogP contribution in [0.1, 0.15) is 17.5 Å². The Balaban J connectivity index is 1.87. The van der Waals surface area contributed by atoms with Crippen LogP contribution in [0.15, 0.2) is 54.6 Å². The molecule has 0 aliphatic carbocycles. The number of hydrogen-bond donors (Lipinski definition) is 2. The Bertz CT molecular complexity index is 888. The lowest BCUT2D eigenvalue weighted by Gasteiger charge is -2.38. The number of para-hydroxylation sites is 1. The minimum atomic E-state index is -1.20. The number of nitrogens with one attached hydrogen (secondary N) is 2. The van der Waals surface area contributed by atoms with Crippen molar-refractivity contribution in [3.63, 3.8) is 0 Å². The molecule has 2 atom stereocenters. The number of nitrogens with zero attached hydrogens (tertiary/aromatic N) is 1. The van der Waals surface area contributed by atoms with Crippen molar-refractivity contribution in [1.82, 2.24) is 10.2 Å². The van der Waals surface area contributed by atoms with Crippen LogP contribution in [0, 0.1) is 0 Å². The van der Waals surface area contributed by atoms with Gasteiger partial charge in [0.15, 0.2) is 0 Å². The Hall–Kier alpha value is -2.53. The van der Waals surface area contributed by atoms with E-state index in [1.54, 1.807) is 11.9 Å². The number of alkyl halides is 1. The first kappa shape index (κ1) is 17.9. The predicted octanol–water partition coefficient (Wildman–Crippen LogP) is 2.51. The number of halogens is 1. The molecule has 0 radical (unpaired) electrons. The van der Waals surface area contributed by atoms with Crippen molar-refractivity contribution in [2.75, 3.05) is 24.8 Å². The van der Waals surface area contributed by atoms with Gasteiger partial charge in [-0.15, -0.1) is 11.6 Å². The van der Waals surface area contributed by atoms with Crippen molar-refractivity contribution in [2.24, 2.45) is 0 Å². The third-order valence-electron chi connectivity index (χ3n) is 5.65. The van der Waals surface area contributed by atoms with Crippen molar-refractivity contribution in [3.8, 4) is 0 Å². The fourth-order valence-electron chi connectivity index (χ4n) is 4.55. The van der Waals surface area contributed by atoms with Crippen molar-refractivity contribution in [1.29, 1.82) is 0 Å². The van der Waals surface area contributed by atoms with E-state index in [0.29, 0.717) is 13.0 Å². The lowest BCUT2D eigenvalue weighted by molar-refractivity contribution is -0.135. The van der Waals surface area contributed by atoms with Crippen LogP contribution in [-0.2, 0) is 21.4 Å². The van der Waals surface area contributed by atoms with Crippen LogP contribution in [0.5, 0.6) is 0 Å². The molecule has 2 aromatic rings. The monoisotopic (exact) mass is 383 g/mol. The second-order valence-electron chi connectivity index (χ2n) is 7.31. The number of likely N-dealkylation sites (tertiary alicyclic amines) is 1. The first-order valence-corrected chi connectivity index (χ1v) is 9.60. The largest absolute Gasteiger partial charge is 0.354 e. The lowest BCUT2D eigenvalue weighted by atomic mass is 9.70. The fraction of sp³-hybridized carbons (Fsp3) is 0.333. The normalized spacial score (nSPS) is 25.7. The first-order chi connectivity index (χ1) is 13.0. The van der Waals surface area contributed by atoms with E-state index in [4.69, 9.17) is 11.6 Å². The summed E-state index contributed by atoms with van der Waals surface area (Å²) in [7, 11) is 1.78. The van der Waals surface area contributed by atoms with Crippen LogP contribution < -0.4 is 10.6 Å². The number of fused-ring (bicyclic) bond motifs is 3. The number of likely N-dealkylation sites (N-methyl/N-ethyl adjacent to an activating group) is 1. The molecule has 0 spiro atoms. The van der Waals surface area contributed by atoms with Crippen LogP contribution in [-0.4, -0.2) is 41.8 Å². The second-order valence-corrected chi connectivity index (χ2v) is 7.69. The van der Waals surface area contributed by atoms with Gasteiger partial charge in [-0.2, -0.15) is 0 Å². The SMILES string of the molecule is CN1CC2(Cc3ccccc3)c3ccccc3NC2(NC(=O)CCCl)C1=O. The van der Waals surface area contributed by atoms with Crippen LogP contribution in [0.4, 0.5) is 5.69 Å². The minimum Gasteiger partial charge on any atom is -0.354 e. The topological polar surface area (TPSA) is 61.4 Å². The van der Waals surface area contributed by atoms with Gasteiger partial charge in [-0.05, 0) is 23.6 Å². The number of benzene rings is 2. The van der Waals surface area contributed by atoms with E-state index >= 15 is 0 Å². The summed E-state index contributed by atoms with van der Waals surface area (Å²) in [6, 6.07) is 18.0. The zero-order chi connectivity index (χ0) is 19.1. The van der Waals surface area contributed by atoms with Crippen molar-refractivity contribution in [3.05, 3.63) is 65.7 Å². The molecule has 0 saturated carbocycles. The molecule has 1 fully saturated rings. The standard InChI is InChI=1S/C21H22ClN3O2/c1-25-14-20(13-15-7-3-2-4-8-15)16-9-5-6-10-17(16)23-21(20,19(25)27)24-18(26)11-12-22/h2-10,23H,11-14H2,1H3,(H,24,26). The van der Waals surface area contributed by atoms with Crippen molar-refractivity contribution in [2.45, 2.75) is 23.9 Å². The molecule has 2 aromatic carbocycles. The summed E-state index contributed by atoms with van der Waals surface area (Å²) in [5.74, 6) is -0.145. The highest BCUT2D eigenvalue weighted by atomic mass is 35.5. The highest BCUT2D eigenvalue weighted by Gasteiger charge is 2.68.